The number of aliphatic hydroxyl groups is 5. The number of rotatable bonds is 6. The Kier molecular flexibility index (Phi) is 7.12. The molecule has 4 aliphatic carbocycles. The van der Waals surface area contributed by atoms with Gasteiger partial charge in [0.25, 0.3) is 0 Å². The highest BCUT2D eigenvalue weighted by atomic mass is 16.3. The van der Waals surface area contributed by atoms with Gasteiger partial charge in [-0.15, -0.1) is 0 Å². The maximum Gasteiger partial charge on any atom is 0.159 e. The average molecular weight is 559 g/mol. The van der Waals surface area contributed by atoms with E-state index in [4.69, 9.17) is 4.42 Å². The van der Waals surface area contributed by atoms with E-state index in [0.29, 0.717) is 38.5 Å². The smallest absolute Gasteiger partial charge is 0.159 e. The third-order valence-corrected chi connectivity index (χ3v) is 12.3. The molecule has 1 aromatic rings. The highest BCUT2D eigenvalue weighted by Gasteiger charge is 2.70. The summed E-state index contributed by atoms with van der Waals surface area (Å²) < 4.78 is 6.19. The maximum absolute atomic E-state index is 13.6. The monoisotopic (exact) mass is 558 g/mol. The average Bonchev–Trinajstić information content (AvgIpc) is 3.34. The van der Waals surface area contributed by atoms with Crippen LogP contribution in [0.5, 0.6) is 0 Å². The van der Waals surface area contributed by atoms with Crippen molar-refractivity contribution in [2.75, 3.05) is 0 Å². The van der Waals surface area contributed by atoms with Gasteiger partial charge in [-0.2, -0.15) is 0 Å². The summed E-state index contributed by atoms with van der Waals surface area (Å²) in [5, 5.41) is 56.1. The Morgan fingerprint density at radius 1 is 1.07 bits per heavy atom. The molecule has 1 aromatic heterocycles. The van der Waals surface area contributed by atoms with E-state index in [1.165, 1.54) is 0 Å². The van der Waals surface area contributed by atoms with Gasteiger partial charge >= 0.3 is 0 Å². The normalized spacial score (nSPS) is 42.0. The minimum atomic E-state index is -1.24. The molecule has 0 radical (unpaired) electrons. The van der Waals surface area contributed by atoms with Gasteiger partial charge in [0.2, 0.25) is 0 Å². The van der Waals surface area contributed by atoms with Gasteiger partial charge in [-0.05, 0) is 126 Å². The van der Waals surface area contributed by atoms with E-state index >= 15 is 0 Å². The van der Waals surface area contributed by atoms with Gasteiger partial charge in [0.15, 0.2) is 5.78 Å². The molecular weight excluding hydrogens is 508 g/mol. The van der Waals surface area contributed by atoms with Crippen molar-refractivity contribution in [1.82, 2.24) is 0 Å². The van der Waals surface area contributed by atoms with Crippen LogP contribution in [0.25, 0.3) is 0 Å². The van der Waals surface area contributed by atoms with Gasteiger partial charge in [0.05, 0.1) is 41.2 Å². The molecular formula is C33H50O7. The van der Waals surface area contributed by atoms with Crippen LogP contribution in [-0.2, 0) is 10.2 Å². The zero-order chi connectivity index (χ0) is 29.6. The van der Waals surface area contributed by atoms with Crippen molar-refractivity contribution in [2.45, 2.75) is 135 Å². The van der Waals surface area contributed by atoms with Crippen LogP contribution in [0.4, 0.5) is 0 Å². The first-order valence-corrected chi connectivity index (χ1v) is 15.2. The molecule has 0 aliphatic heterocycles. The molecule has 40 heavy (non-hydrogen) atoms. The summed E-state index contributed by atoms with van der Waals surface area (Å²) in [6, 6.07) is 0. The molecule has 7 heteroatoms. The number of allylic oxidation sites excluding steroid dienone is 1. The molecule has 10 atom stereocenters. The lowest BCUT2D eigenvalue weighted by Gasteiger charge is -2.61. The van der Waals surface area contributed by atoms with Crippen molar-refractivity contribution in [3.05, 3.63) is 34.8 Å². The van der Waals surface area contributed by atoms with Gasteiger partial charge < -0.3 is 29.9 Å². The molecule has 0 amide bonds. The van der Waals surface area contributed by atoms with Gasteiger partial charge in [0.1, 0.15) is 5.76 Å². The number of hydrogen-bond donors (Lipinski definition) is 5. The zero-order valence-corrected chi connectivity index (χ0v) is 25.3. The van der Waals surface area contributed by atoms with Crippen LogP contribution >= 0.6 is 0 Å². The largest absolute Gasteiger partial charge is 0.468 e. The molecule has 3 saturated carbocycles. The standard InChI is InChI=1S/C33H50O7/c1-18-17-40-28(19(18)2)32(7,27(37)10-11-29(3,4)38)26-9-13-33(39)21-14-23(34)22-15-24(35)25(36)16-30(22,5)20(21)8-12-31(26,33)6/h14,17,20,22,24-27,35-39H,8-13,15-16H2,1-7H3/t20-,22+,24-,25+,26-,27-,30-,31-,32+,33-/m1/s1. The minimum absolute atomic E-state index is 0.0619. The second kappa shape index (κ2) is 9.50. The van der Waals surface area contributed by atoms with Crippen LogP contribution in [0.1, 0.15) is 103 Å². The first-order chi connectivity index (χ1) is 18.4. The van der Waals surface area contributed by atoms with Crippen molar-refractivity contribution in [1.29, 1.82) is 0 Å². The molecule has 0 aromatic carbocycles. The predicted molar refractivity (Wildman–Crippen MR) is 152 cm³/mol. The highest BCUT2D eigenvalue weighted by Crippen LogP contribution is 2.70. The second-order valence-electron chi connectivity index (χ2n) is 15.1. The Morgan fingerprint density at radius 2 is 1.75 bits per heavy atom. The van der Waals surface area contributed by atoms with E-state index in [2.05, 4.69) is 20.8 Å². The number of ketones is 1. The summed E-state index contributed by atoms with van der Waals surface area (Å²) in [4.78, 5) is 13.6. The first-order valence-electron chi connectivity index (χ1n) is 15.2. The van der Waals surface area contributed by atoms with Crippen molar-refractivity contribution in [3.63, 3.8) is 0 Å². The van der Waals surface area contributed by atoms with E-state index in [0.717, 1.165) is 28.9 Å². The molecule has 5 rings (SSSR count). The summed E-state index contributed by atoms with van der Waals surface area (Å²) >= 11 is 0. The third kappa shape index (κ3) is 4.13. The number of aliphatic hydroxyl groups excluding tert-OH is 3. The fourth-order valence-corrected chi connectivity index (χ4v) is 9.70. The topological polar surface area (TPSA) is 131 Å². The van der Waals surface area contributed by atoms with Crippen molar-refractivity contribution in [2.24, 2.45) is 28.6 Å². The fraction of sp³-hybridized carbons (Fsp3) is 0.788. The van der Waals surface area contributed by atoms with E-state index in [9.17, 15) is 30.3 Å². The Hall–Kier alpha value is -1.51. The number of carbonyl (C=O) groups is 1. The highest BCUT2D eigenvalue weighted by molar-refractivity contribution is 5.95. The van der Waals surface area contributed by atoms with E-state index in [1.807, 2.05) is 13.8 Å². The van der Waals surface area contributed by atoms with Gasteiger partial charge in [-0.3, -0.25) is 4.79 Å². The lowest BCUT2D eigenvalue weighted by atomic mass is 9.45. The molecule has 7 nitrogen and oxygen atoms in total. The molecule has 0 spiro atoms. The Bertz CT molecular complexity index is 1190. The van der Waals surface area contributed by atoms with E-state index in [1.54, 1.807) is 26.2 Å². The summed E-state index contributed by atoms with van der Waals surface area (Å²) in [7, 11) is 0. The van der Waals surface area contributed by atoms with Crippen LogP contribution in [0.15, 0.2) is 22.3 Å². The minimum Gasteiger partial charge on any atom is -0.468 e. The van der Waals surface area contributed by atoms with Crippen molar-refractivity contribution < 1.29 is 34.7 Å². The molecule has 0 unspecified atom stereocenters. The van der Waals surface area contributed by atoms with Crippen LogP contribution in [-0.4, -0.2) is 60.8 Å². The fourth-order valence-electron chi connectivity index (χ4n) is 9.70. The number of aryl methyl sites for hydroxylation is 1. The lowest BCUT2D eigenvalue weighted by molar-refractivity contribution is -0.156. The van der Waals surface area contributed by atoms with E-state index < -0.39 is 45.8 Å². The van der Waals surface area contributed by atoms with Crippen molar-refractivity contribution in [3.8, 4) is 0 Å². The number of hydrogen-bond acceptors (Lipinski definition) is 7. The molecule has 224 valence electrons. The van der Waals surface area contributed by atoms with Crippen LogP contribution in [0.2, 0.25) is 0 Å². The van der Waals surface area contributed by atoms with Crippen LogP contribution in [0, 0.1) is 42.4 Å². The maximum atomic E-state index is 13.6. The second-order valence-corrected chi connectivity index (χ2v) is 15.1. The summed E-state index contributed by atoms with van der Waals surface area (Å²) in [6.07, 6.45) is 4.78. The van der Waals surface area contributed by atoms with E-state index in [-0.39, 0.29) is 30.0 Å². The lowest BCUT2D eigenvalue weighted by Crippen LogP contribution is -2.62. The molecule has 5 N–H and O–H groups in total. The van der Waals surface area contributed by atoms with Gasteiger partial charge in [-0.25, -0.2) is 0 Å². The predicted octanol–water partition coefficient (Wildman–Crippen LogP) is 4.27. The van der Waals surface area contributed by atoms with Crippen molar-refractivity contribution >= 4 is 5.78 Å². The Labute approximate surface area is 238 Å². The quantitative estimate of drug-likeness (QED) is 0.352. The Balaban J connectivity index is 1.58. The Morgan fingerprint density at radius 3 is 2.35 bits per heavy atom. The van der Waals surface area contributed by atoms with Crippen LogP contribution in [0.3, 0.4) is 0 Å². The summed E-state index contributed by atoms with van der Waals surface area (Å²) in [6.45, 7) is 13.7. The summed E-state index contributed by atoms with van der Waals surface area (Å²) in [5.74, 6) is 0.0928. The number of fused-ring (bicyclic) bond motifs is 5. The summed E-state index contributed by atoms with van der Waals surface area (Å²) in [5.41, 5.74) is -1.37. The van der Waals surface area contributed by atoms with Gasteiger partial charge in [0, 0.05) is 11.3 Å². The van der Waals surface area contributed by atoms with Crippen LogP contribution < -0.4 is 0 Å². The molecule has 3 fully saturated rings. The number of carbonyl (C=O) groups excluding carboxylic acids is 1. The third-order valence-electron chi connectivity index (χ3n) is 12.3. The van der Waals surface area contributed by atoms with Gasteiger partial charge in [-0.1, -0.05) is 13.8 Å². The molecule has 0 bridgehead atoms. The molecule has 4 aliphatic rings. The number of furan rings is 1. The molecule has 0 saturated heterocycles. The first kappa shape index (κ1) is 30.0. The zero-order valence-electron chi connectivity index (χ0n) is 25.3. The SMILES string of the molecule is Cc1coc([C@](C)([C@H](O)CCC(C)(C)O)[C@@H]2CC[C@@]3(O)C4=CC(=O)[C@@H]5C[C@@H](O)[C@@H](O)C[C@]5(C)[C@@H]4CC[C@]23C)c1C. The molecule has 1 heterocycles.